The molecule has 2 heterocycles. The Morgan fingerprint density at radius 3 is 1.71 bits per heavy atom. The topological polar surface area (TPSA) is 55.4 Å². The Kier molecular flexibility index (Phi) is 14.4. The Morgan fingerprint density at radius 1 is 0.578 bits per heavy atom. The summed E-state index contributed by atoms with van der Waals surface area (Å²) in [4.78, 5) is 0. The van der Waals surface area contributed by atoms with Crippen LogP contribution in [0, 0.1) is 0 Å². The van der Waals surface area contributed by atoms with Crippen LogP contribution in [0.1, 0.15) is 94.1 Å². The molecule has 6 unspecified atom stereocenters. The Balaban J connectivity index is 1.24. The van der Waals surface area contributed by atoms with Gasteiger partial charge in [-0.05, 0) is 17.5 Å². The van der Waals surface area contributed by atoms with Gasteiger partial charge in [-0.3, -0.25) is 0 Å². The second-order valence-corrected chi connectivity index (χ2v) is 12.3. The number of benzene rings is 3. The molecule has 3 aromatic carbocycles. The van der Waals surface area contributed by atoms with E-state index in [1.807, 2.05) is 66.7 Å². The van der Waals surface area contributed by atoms with E-state index in [-0.39, 0.29) is 12.2 Å². The van der Waals surface area contributed by atoms with Crippen molar-refractivity contribution in [1.82, 2.24) is 0 Å². The summed E-state index contributed by atoms with van der Waals surface area (Å²) in [5.41, 5.74) is 3.15. The van der Waals surface area contributed by atoms with Crippen LogP contribution in [0.25, 0.3) is 0 Å². The lowest BCUT2D eigenvalue weighted by Gasteiger charge is -2.49. The van der Waals surface area contributed by atoms with Gasteiger partial charge in [0.1, 0.15) is 24.4 Å². The molecule has 6 heteroatoms. The van der Waals surface area contributed by atoms with Gasteiger partial charge in [-0.25, -0.2) is 0 Å². The van der Waals surface area contributed by atoms with Crippen LogP contribution >= 0.6 is 0 Å². The quantitative estimate of drug-likeness (QED) is 0.125. The smallest absolute Gasteiger partial charge is 0.186 e. The normalized spacial score (nSPS) is 24.7. The Morgan fingerprint density at radius 2 is 1.11 bits per heavy atom. The second-order valence-electron chi connectivity index (χ2n) is 12.3. The molecule has 2 fully saturated rings. The van der Waals surface area contributed by atoms with Crippen LogP contribution < -0.4 is 0 Å². The first kappa shape index (κ1) is 33.8. The summed E-state index contributed by atoms with van der Waals surface area (Å²) >= 11 is 0. The van der Waals surface area contributed by atoms with Gasteiger partial charge in [-0.2, -0.15) is 0 Å². The molecule has 0 radical (unpaired) electrons. The van der Waals surface area contributed by atoms with E-state index < -0.39 is 24.8 Å². The highest BCUT2D eigenvalue weighted by atomic mass is 16.8. The first-order chi connectivity index (χ1) is 22.3. The van der Waals surface area contributed by atoms with E-state index in [0.717, 1.165) is 29.5 Å². The van der Waals surface area contributed by atoms with Crippen molar-refractivity contribution in [3.8, 4) is 0 Å². The van der Waals surface area contributed by atoms with Gasteiger partial charge in [0.15, 0.2) is 12.6 Å². The molecule has 2 aliphatic rings. The fourth-order valence-corrected chi connectivity index (χ4v) is 6.15. The van der Waals surface area contributed by atoms with E-state index >= 15 is 0 Å². The molecule has 0 bridgehead atoms. The number of hydrogen-bond donors (Lipinski definition) is 0. The third kappa shape index (κ3) is 10.7. The molecule has 0 N–H and O–H groups in total. The van der Waals surface area contributed by atoms with Crippen molar-refractivity contribution in [3.63, 3.8) is 0 Å². The molecule has 5 rings (SSSR count). The van der Waals surface area contributed by atoms with Crippen LogP contribution in [0.2, 0.25) is 0 Å². The highest BCUT2D eigenvalue weighted by molar-refractivity contribution is 5.17. The standard InChI is InChI=1S/C39H52O6/c1-2-3-4-5-6-7-8-9-10-20-27-40-39-37(42-29-32-23-16-12-17-24-32)36(41-28-31-21-14-11-15-22-31)35-34(44-39)30-43-38(45-35)33-25-18-13-19-26-33/h11-19,21-26,34-39H,2-10,20,27-30H2,1H3. The first-order valence-electron chi connectivity index (χ1n) is 17.2. The number of hydrogen-bond acceptors (Lipinski definition) is 6. The molecular weight excluding hydrogens is 564 g/mol. The van der Waals surface area contributed by atoms with Gasteiger partial charge >= 0.3 is 0 Å². The molecular formula is C39H52O6. The minimum Gasteiger partial charge on any atom is -0.368 e. The first-order valence-corrected chi connectivity index (χ1v) is 17.2. The zero-order chi connectivity index (χ0) is 30.9. The molecule has 2 saturated heterocycles. The Hall–Kier alpha value is -2.58. The van der Waals surface area contributed by atoms with E-state index in [9.17, 15) is 0 Å². The largest absolute Gasteiger partial charge is 0.368 e. The molecule has 0 saturated carbocycles. The van der Waals surface area contributed by atoms with Crippen LogP contribution in [-0.2, 0) is 41.6 Å². The molecule has 2 aliphatic heterocycles. The lowest BCUT2D eigenvalue weighted by Crippen LogP contribution is -2.63. The molecule has 0 spiro atoms. The van der Waals surface area contributed by atoms with Crippen molar-refractivity contribution in [2.75, 3.05) is 13.2 Å². The third-order valence-electron chi connectivity index (χ3n) is 8.71. The fraction of sp³-hybridized carbons (Fsp3) is 0.538. The van der Waals surface area contributed by atoms with E-state index in [1.165, 1.54) is 51.4 Å². The van der Waals surface area contributed by atoms with E-state index in [1.54, 1.807) is 0 Å². The Bertz CT molecular complexity index is 1180. The highest BCUT2D eigenvalue weighted by Gasteiger charge is 2.51. The Labute approximate surface area is 270 Å². The fourth-order valence-electron chi connectivity index (χ4n) is 6.15. The number of fused-ring (bicyclic) bond motifs is 1. The van der Waals surface area contributed by atoms with Crippen molar-refractivity contribution in [3.05, 3.63) is 108 Å². The van der Waals surface area contributed by atoms with E-state index in [0.29, 0.717) is 26.4 Å². The average Bonchev–Trinajstić information content (AvgIpc) is 3.10. The second kappa shape index (κ2) is 19.2. The van der Waals surface area contributed by atoms with Crippen molar-refractivity contribution in [2.45, 2.75) is 121 Å². The summed E-state index contributed by atoms with van der Waals surface area (Å²) in [5.74, 6) is 0. The monoisotopic (exact) mass is 616 g/mol. The summed E-state index contributed by atoms with van der Waals surface area (Å²) in [6.07, 6.45) is 10.1. The van der Waals surface area contributed by atoms with Crippen molar-refractivity contribution in [1.29, 1.82) is 0 Å². The summed E-state index contributed by atoms with van der Waals surface area (Å²) in [5, 5.41) is 0. The predicted molar refractivity (Wildman–Crippen MR) is 177 cm³/mol. The van der Waals surface area contributed by atoms with Crippen LogP contribution in [0.4, 0.5) is 0 Å². The van der Waals surface area contributed by atoms with Crippen LogP contribution in [-0.4, -0.2) is 43.9 Å². The summed E-state index contributed by atoms with van der Waals surface area (Å²) in [7, 11) is 0. The number of ether oxygens (including phenoxy) is 6. The van der Waals surface area contributed by atoms with Crippen LogP contribution in [0.15, 0.2) is 91.0 Å². The summed E-state index contributed by atoms with van der Waals surface area (Å²) in [6.45, 7) is 4.13. The van der Waals surface area contributed by atoms with Crippen LogP contribution in [0.5, 0.6) is 0 Å². The summed E-state index contributed by atoms with van der Waals surface area (Å²) < 4.78 is 39.1. The maximum Gasteiger partial charge on any atom is 0.186 e. The van der Waals surface area contributed by atoms with Crippen molar-refractivity contribution < 1.29 is 28.4 Å². The molecule has 0 aliphatic carbocycles. The molecule has 6 atom stereocenters. The molecule has 244 valence electrons. The number of unbranched alkanes of at least 4 members (excludes halogenated alkanes) is 9. The third-order valence-corrected chi connectivity index (χ3v) is 8.71. The molecule has 6 nitrogen and oxygen atoms in total. The average molecular weight is 617 g/mol. The zero-order valence-corrected chi connectivity index (χ0v) is 27.0. The lowest BCUT2D eigenvalue weighted by atomic mass is 9.97. The zero-order valence-electron chi connectivity index (χ0n) is 27.0. The predicted octanol–water partition coefficient (Wildman–Crippen LogP) is 8.93. The van der Waals surface area contributed by atoms with Gasteiger partial charge in [-0.15, -0.1) is 0 Å². The minimum atomic E-state index is -0.588. The molecule has 0 aromatic heterocycles. The number of rotatable bonds is 19. The van der Waals surface area contributed by atoms with Gasteiger partial charge < -0.3 is 28.4 Å². The van der Waals surface area contributed by atoms with E-state index in [4.69, 9.17) is 28.4 Å². The maximum absolute atomic E-state index is 6.70. The van der Waals surface area contributed by atoms with Gasteiger partial charge in [0.05, 0.1) is 19.8 Å². The van der Waals surface area contributed by atoms with Crippen LogP contribution in [0.3, 0.4) is 0 Å². The van der Waals surface area contributed by atoms with E-state index in [2.05, 4.69) is 31.2 Å². The van der Waals surface area contributed by atoms with Crippen molar-refractivity contribution >= 4 is 0 Å². The molecule has 45 heavy (non-hydrogen) atoms. The molecule has 3 aromatic rings. The summed E-state index contributed by atoms with van der Waals surface area (Å²) in [6, 6.07) is 30.5. The lowest BCUT2D eigenvalue weighted by molar-refractivity contribution is -0.372. The SMILES string of the molecule is CCCCCCCCCCCCOC1OC2COC(c3ccccc3)OC2C(OCc2ccccc2)C1OCc1ccccc1. The van der Waals surface area contributed by atoms with Gasteiger partial charge in [-0.1, -0.05) is 156 Å². The highest BCUT2D eigenvalue weighted by Crippen LogP contribution is 2.37. The van der Waals surface area contributed by atoms with Crippen molar-refractivity contribution in [2.24, 2.45) is 0 Å². The molecule has 0 amide bonds. The minimum absolute atomic E-state index is 0.333. The van der Waals surface area contributed by atoms with Gasteiger partial charge in [0.25, 0.3) is 0 Å². The van der Waals surface area contributed by atoms with Gasteiger partial charge in [0.2, 0.25) is 0 Å². The maximum atomic E-state index is 6.70. The van der Waals surface area contributed by atoms with Gasteiger partial charge in [0, 0.05) is 12.2 Å².